The first-order chi connectivity index (χ1) is 13.3. The fourth-order valence-corrected chi connectivity index (χ4v) is 4.21. The van der Waals surface area contributed by atoms with Crippen LogP contribution in [0, 0.1) is 0 Å². The lowest BCUT2D eigenvalue weighted by Crippen LogP contribution is -2.29. The number of thioether (sulfide) groups is 1. The highest BCUT2D eigenvalue weighted by atomic mass is 32.2. The molecule has 0 atom stereocenters. The Bertz CT molecular complexity index is 872. The topological polar surface area (TPSA) is 71.3 Å². The zero-order valence-corrected chi connectivity index (χ0v) is 16.4. The first-order valence-corrected chi connectivity index (χ1v) is 10.8. The Morgan fingerprint density at radius 2 is 1.96 bits per heavy atom. The van der Waals surface area contributed by atoms with E-state index in [9.17, 15) is 4.79 Å². The number of aromatic nitrogens is 2. The van der Waals surface area contributed by atoms with E-state index in [0.717, 1.165) is 23.7 Å². The summed E-state index contributed by atoms with van der Waals surface area (Å²) in [4.78, 5) is 15.5. The molecule has 2 aromatic heterocycles. The fraction of sp³-hybridized carbons (Fsp3) is 0.316. The van der Waals surface area contributed by atoms with Crippen molar-refractivity contribution < 1.29 is 9.21 Å². The number of benzene rings is 1. The van der Waals surface area contributed by atoms with E-state index in [-0.39, 0.29) is 11.7 Å². The van der Waals surface area contributed by atoms with Crippen LogP contribution in [0.15, 0.2) is 51.4 Å². The number of hydrogen-bond acceptors (Lipinski definition) is 7. The third kappa shape index (κ3) is 4.70. The molecule has 6 nitrogen and oxygen atoms in total. The first-order valence-electron chi connectivity index (χ1n) is 8.93. The summed E-state index contributed by atoms with van der Waals surface area (Å²) in [5, 5.41) is 13.3. The lowest BCUT2D eigenvalue weighted by molar-refractivity contribution is -0.113. The Labute approximate surface area is 166 Å². The number of hydrogen-bond donors (Lipinski definition) is 1. The minimum atomic E-state index is -0.0957. The van der Waals surface area contributed by atoms with Crippen LogP contribution >= 0.6 is 23.1 Å². The smallest absolute Gasteiger partial charge is 0.277 e. The molecular weight excluding hydrogens is 380 g/mol. The van der Waals surface area contributed by atoms with Crippen molar-refractivity contribution in [3.8, 4) is 10.8 Å². The summed E-state index contributed by atoms with van der Waals surface area (Å²) in [6.45, 7) is 2.22. The number of nitrogens with one attached hydrogen (secondary N) is 1. The van der Waals surface area contributed by atoms with Crippen LogP contribution in [0.4, 0.5) is 11.4 Å². The van der Waals surface area contributed by atoms with Crippen LogP contribution in [0.25, 0.3) is 10.8 Å². The van der Waals surface area contributed by atoms with E-state index < -0.39 is 0 Å². The maximum absolute atomic E-state index is 12.2. The largest absolute Gasteiger partial charge is 0.410 e. The molecule has 8 heteroatoms. The predicted molar refractivity (Wildman–Crippen MR) is 109 cm³/mol. The number of piperidine rings is 1. The Kier molecular flexibility index (Phi) is 5.74. The maximum Gasteiger partial charge on any atom is 0.277 e. The molecule has 4 rings (SSSR count). The van der Waals surface area contributed by atoms with Gasteiger partial charge in [-0.15, -0.1) is 21.5 Å². The number of nitrogens with zero attached hydrogens (tertiary/aromatic N) is 3. The van der Waals surface area contributed by atoms with E-state index in [2.05, 4.69) is 32.5 Å². The quantitative estimate of drug-likeness (QED) is 0.614. The van der Waals surface area contributed by atoms with Gasteiger partial charge in [-0.2, -0.15) is 0 Å². The molecule has 1 fully saturated rings. The molecule has 0 saturated carbocycles. The molecular formula is C19H20N4O2S2. The number of rotatable bonds is 6. The van der Waals surface area contributed by atoms with Crippen LogP contribution in [0.2, 0.25) is 0 Å². The third-order valence-electron chi connectivity index (χ3n) is 4.34. The van der Waals surface area contributed by atoms with Gasteiger partial charge in [0.25, 0.3) is 11.1 Å². The van der Waals surface area contributed by atoms with E-state index in [1.807, 2.05) is 29.6 Å². The van der Waals surface area contributed by atoms with Gasteiger partial charge in [0.15, 0.2) is 0 Å². The van der Waals surface area contributed by atoms with Gasteiger partial charge < -0.3 is 14.6 Å². The molecule has 1 aromatic carbocycles. The summed E-state index contributed by atoms with van der Waals surface area (Å²) in [6.07, 6.45) is 3.82. The van der Waals surface area contributed by atoms with Gasteiger partial charge in [-0.3, -0.25) is 4.79 Å². The molecule has 0 unspecified atom stereocenters. The average Bonchev–Trinajstić information content (AvgIpc) is 3.39. The van der Waals surface area contributed by atoms with Crippen LogP contribution in [0.5, 0.6) is 0 Å². The van der Waals surface area contributed by atoms with Crippen LogP contribution in [0.3, 0.4) is 0 Å². The van der Waals surface area contributed by atoms with E-state index >= 15 is 0 Å². The third-order valence-corrected chi connectivity index (χ3v) is 6.01. The molecule has 27 heavy (non-hydrogen) atoms. The number of thiophene rings is 1. The molecule has 1 amide bonds. The Morgan fingerprint density at radius 3 is 2.70 bits per heavy atom. The number of carbonyl (C=O) groups excluding carboxylic acids is 1. The minimum absolute atomic E-state index is 0.0957. The van der Waals surface area contributed by atoms with Gasteiger partial charge in [-0.1, -0.05) is 17.8 Å². The number of anilines is 2. The molecule has 0 radical (unpaired) electrons. The molecule has 0 aliphatic carbocycles. The highest BCUT2D eigenvalue weighted by molar-refractivity contribution is 7.99. The minimum Gasteiger partial charge on any atom is -0.410 e. The van der Waals surface area contributed by atoms with E-state index in [1.54, 1.807) is 0 Å². The molecule has 1 saturated heterocycles. The predicted octanol–water partition coefficient (Wildman–Crippen LogP) is 4.52. The van der Waals surface area contributed by atoms with E-state index in [0.29, 0.717) is 11.1 Å². The average molecular weight is 401 g/mol. The van der Waals surface area contributed by atoms with Crippen molar-refractivity contribution >= 4 is 40.4 Å². The molecule has 1 aliphatic rings. The number of amides is 1. The summed E-state index contributed by atoms with van der Waals surface area (Å²) in [7, 11) is 0. The Balaban J connectivity index is 1.28. The van der Waals surface area contributed by atoms with Gasteiger partial charge >= 0.3 is 0 Å². The van der Waals surface area contributed by atoms with Gasteiger partial charge in [0.05, 0.1) is 10.6 Å². The molecule has 3 heterocycles. The Morgan fingerprint density at radius 1 is 1.15 bits per heavy atom. The maximum atomic E-state index is 12.2. The van der Waals surface area contributed by atoms with Crippen LogP contribution in [-0.4, -0.2) is 34.9 Å². The van der Waals surface area contributed by atoms with Crippen LogP contribution in [0.1, 0.15) is 19.3 Å². The lowest BCUT2D eigenvalue weighted by atomic mass is 10.1. The van der Waals surface area contributed by atoms with Gasteiger partial charge in [0, 0.05) is 24.5 Å². The summed E-state index contributed by atoms with van der Waals surface area (Å²) in [5.74, 6) is 0.614. The molecule has 3 aromatic rings. The summed E-state index contributed by atoms with van der Waals surface area (Å²) >= 11 is 2.77. The van der Waals surface area contributed by atoms with Crippen molar-refractivity contribution in [1.82, 2.24) is 10.2 Å². The van der Waals surface area contributed by atoms with E-state index in [1.165, 1.54) is 48.0 Å². The molecule has 1 aliphatic heterocycles. The molecule has 0 spiro atoms. The van der Waals surface area contributed by atoms with Crippen LogP contribution < -0.4 is 10.2 Å². The standard InChI is InChI=1S/C19H20N4O2S2/c24-17(13-27-19-22-21-18(25-19)16-5-4-12-26-16)20-14-6-8-15(9-7-14)23-10-2-1-3-11-23/h4-9,12H,1-3,10-11,13H2,(H,20,24). The van der Waals surface area contributed by atoms with Gasteiger partial charge in [0.1, 0.15) is 0 Å². The lowest BCUT2D eigenvalue weighted by Gasteiger charge is -2.28. The normalized spacial score (nSPS) is 14.3. The van der Waals surface area contributed by atoms with Crippen molar-refractivity contribution in [2.24, 2.45) is 0 Å². The fourth-order valence-electron chi connectivity index (χ4n) is 3.00. The Hall–Kier alpha value is -2.32. The van der Waals surface area contributed by atoms with Gasteiger partial charge in [-0.05, 0) is 55.0 Å². The van der Waals surface area contributed by atoms with Crippen molar-refractivity contribution in [2.45, 2.75) is 24.5 Å². The second kappa shape index (κ2) is 8.58. The summed E-state index contributed by atoms with van der Waals surface area (Å²) in [5.41, 5.74) is 2.01. The van der Waals surface area contributed by atoms with Crippen molar-refractivity contribution in [1.29, 1.82) is 0 Å². The monoisotopic (exact) mass is 400 g/mol. The van der Waals surface area contributed by atoms with Crippen molar-refractivity contribution in [2.75, 3.05) is 29.1 Å². The van der Waals surface area contributed by atoms with Gasteiger partial charge in [-0.25, -0.2) is 0 Å². The highest BCUT2D eigenvalue weighted by Gasteiger charge is 2.13. The van der Waals surface area contributed by atoms with E-state index in [4.69, 9.17) is 4.42 Å². The molecule has 140 valence electrons. The number of carbonyl (C=O) groups is 1. The zero-order valence-electron chi connectivity index (χ0n) is 14.8. The molecule has 0 bridgehead atoms. The SMILES string of the molecule is O=C(CSc1nnc(-c2cccs2)o1)Nc1ccc(N2CCCCC2)cc1. The van der Waals surface area contributed by atoms with Crippen LogP contribution in [-0.2, 0) is 4.79 Å². The molecule has 1 N–H and O–H groups in total. The first kappa shape index (κ1) is 18.1. The highest BCUT2D eigenvalue weighted by Crippen LogP contribution is 2.27. The second-order valence-corrected chi connectivity index (χ2v) is 8.16. The summed E-state index contributed by atoms with van der Waals surface area (Å²) < 4.78 is 5.58. The second-order valence-electron chi connectivity index (χ2n) is 6.28. The van der Waals surface area contributed by atoms with Crippen molar-refractivity contribution in [3.05, 3.63) is 41.8 Å². The van der Waals surface area contributed by atoms with Gasteiger partial charge in [0.2, 0.25) is 5.91 Å². The summed E-state index contributed by atoms with van der Waals surface area (Å²) in [6, 6.07) is 11.9. The zero-order chi connectivity index (χ0) is 18.5. The van der Waals surface area contributed by atoms with Crippen molar-refractivity contribution in [3.63, 3.8) is 0 Å².